The quantitative estimate of drug-likeness (QED) is 0.223. The molecule has 0 spiro atoms. The van der Waals surface area contributed by atoms with Crippen LogP contribution in [-0.4, -0.2) is 24.4 Å². The van der Waals surface area contributed by atoms with Crippen molar-refractivity contribution in [2.24, 2.45) is 0 Å². The first-order chi connectivity index (χ1) is 20.2. The van der Waals surface area contributed by atoms with Gasteiger partial charge < -0.3 is 19.7 Å². The smallest absolute Gasteiger partial charge is 0.132 e. The average Bonchev–Trinajstić information content (AvgIpc) is 2.97. The minimum Gasteiger partial charge on any atom is -0.507 e. The van der Waals surface area contributed by atoms with E-state index in [1.165, 1.54) is 0 Å². The lowest BCUT2D eigenvalue weighted by atomic mass is 9.83. The molecule has 0 unspecified atom stereocenters. The monoisotopic (exact) mass is 554 g/mol. The first kappa shape index (κ1) is 27.2. The van der Waals surface area contributed by atoms with Crippen molar-refractivity contribution in [3.05, 3.63) is 107 Å². The van der Waals surface area contributed by atoms with Crippen molar-refractivity contribution in [3.63, 3.8) is 0 Å². The molecular weight excluding hydrogens is 520 g/mol. The van der Waals surface area contributed by atoms with Gasteiger partial charge in [-0.15, -0.1) is 0 Å². The van der Waals surface area contributed by atoms with E-state index in [1.54, 1.807) is 14.2 Å². The molecule has 6 rings (SSSR count). The molecule has 0 saturated heterocycles. The van der Waals surface area contributed by atoms with E-state index in [0.29, 0.717) is 11.1 Å². The van der Waals surface area contributed by atoms with Crippen LogP contribution in [0.3, 0.4) is 0 Å². The number of fused-ring (bicyclic) bond motifs is 2. The molecular formula is C38H34O4. The fraction of sp³-hybridized carbons (Fsp3) is 0.158. The van der Waals surface area contributed by atoms with Gasteiger partial charge in [-0.1, -0.05) is 48.5 Å². The average molecular weight is 555 g/mol. The first-order valence-corrected chi connectivity index (χ1v) is 14.0. The zero-order valence-corrected chi connectivity index (χ0v) is 24.8. The van der Waals surface area contributed by atoms with Gasteiger partial charge in [0.15, 0.2) is 0 Å². The van der Waals surface area contributed by atoms with E-state index in [0.717, 1.165) is 77.6 Å². The molecule has 0 saturated carbocycles. The van der Waals surface area contributed by atoms with E-state index in [2.05, 4.69) is 36.4 Å². The fourth-order valence-electron chi connectivity index (χ4n) is 6.47. The Bertz CT molecular complexity index is 1830. The summed E-state index contributed by atoms with van der Waals surface area (Å²) in [4.78, 5) is 0. The number of phenolic OH excluding ortho intramolecular Hbond substituents is 2. The van der Waals surface area contributed by atoms with Gasteiger partial charge in [-0.05, 0) is 119 Å². The highest BCUT2D eigenvalue weighted by molar-refractivity contribution is 6.10. The lowest BCUT2D eigenvalue weighted by Gasteiger charge is -2.22. The molecule has 0 heterocycles. The molecule has 0 radical (unpaired) electrons. The number of benzene rings is 6. The zero-order valence-electron chi connectivity index (χ0n) is 24.8. The zero-order chi connectivity index (χ0) is 29.7. The molecule has 0 aromatic heterocycles. The summed E-state index contributed by atoms with van der Waals surface area (Å²) < 4.78 is 11.3. The van der Waals surface area contributed by atoms with Crippen LogP contribution < -0.4 is 9.47 Å². The molecule has 0 aliphatic heterocycles. The Morgan fingerprint density at radius 3 is 1.14 bits per heavy atom. The number of methoxy groups -OCH3 is 2. The number of hydrogen-bond acceptors (Lipinski definition) is 4. The summed E-state index contributed by atoms with van der Waals surface area (Å²) in [7, 11) is 3.36. The molecule has 42 heavy (non-hydrogen) atoms. The Labute approximate surface area is 246 Å². The minimum atomic E-state index is 0.128. The third-order valence-electron chi connectivity index (χ3n) is 8.24. The minimum absolute atomic E-state index is 0.128. The second-order valence-electron chi connectivity index (χ2n) is 11.0. The van der Waals surface area contributed by atoms with Gasteiger partial charge in [0.2, 0.25) is 0 Å². The number of aryl methyl sites for hydroxylation is 4. The Balaban J connectivity index is 1.79. The summed E-state index contributed by atoms with van der Waals surface area (Å²) >= 11 is 0. The molecule has 0 amide bonds. The Hall–Kier alpha value is -4.96. The van der Waals surface area contributed by atoms with Gasteiger partial charge in [-0.2, -0.15) is 0 Å². The summed E-state index contributed by atoms with van der Waals surface area (Å²) in [5.41, 5.74) is 8.67. The highest BCUT2D eigenvalue weighted by Gasteiger charge is 2.25. The molecule has 0 aliphatic rings. The highest BCUT2D eigenvalue weighted by atomic mass is 16.5. The fourth-order valence-corrected chi connectivity index (χ4v) is 6.47. The topological polar surface area (TPSA) is 58.9 Å². The summed E-state index contributed by atoms with van der Waals surface area (Å²) in [5.74, 6) is 1.93. The summed E-state index contributed by atoms with van der Waals surface area (Å²) in [6.07, 6.45) is 0. The molecule has 0 atom stereocenters. The number of rotatable bonds is 5. The Kier molecular flexibility index (Phi) is 6.78. The van der Waals surface area contributed by atoms with Crippen molar-refractivity contribution in [1.29, 1.82) is 0 Å². The lowest BCUT2D eigenvalue weighted by Crippen LogP contribution is -1.97. The van der Waals surface area contributed by atoms with Crippen LogP contribution in [0.1, 0.15) is 22.3 Å². The predicted octanol–water partition coefficient (Wildman–Crippen LogP) is 9.66. The van der Waals surface area contributed by atoms with Crippen molar-refractivity contribution in [1.82, 2.24) is 0 Å². The third-order valence-corrected chi connectivity index (χ3v) is 8.24. The molecule has 4 nitrogen and oxygen atoms in total. The van der Waals surface area contributed by atoms with E-state index >= 15 is 0 Å². The van der Waals surface area contributed by atoms with Crippen LogP contribution in [0.25, 0.3) is 54.9 Å². The maximum Gasteiger partial charge on any atom is 0.132 e. The van der Waals surface area contributed by atoms with Gasteiger partial charge in [-0.25, -0.2) is 0 Å². The summed E-state index contributed by atoms with van der Waals surface area (Å²) in [6, 6.07) is 28.2. The second-order valence-corrected chi connectivity index (χ2v) is 11.0. The van der Waals surface area contributed by atoms with Crippen molar-refractivity contribution in [3.8, 4) is 56.4 Å². The summed E-state index contributed by atoms with van der Waals surface area (Å²) in [6.45, 7) is 8.10. The van der Waals surface area contributed by atoms with E-state index < -0.39 is 0 Å². The number of phenols is 2. The van der Waals surface area contributed by atoms with E-state index in [9.17, 15) is 10.2 Å². The maximum absolute atomic E-state index is 12.1. The highest BCUT2D eigenvalue weighted by Crippen LogP contribution is 2.52. The molecule has 0 aliphatic carbocycles. The predicted molar refractivity (Wildman–Crippen MR) is 173 cm³/mol. The van der Waals surface area contributed by atoms with Gasteiger partial charge in [-0.3, -0.25) is 0 Å². The van der Waals surface area contributed by atoms with Crippen LogP contribution in [0.5, 0.6) is 23.0 Å². The van der Waals surface area contributed by atoms with Gasteiger partial charge in [0.25, 0.3) is 0 Å². The van der Waals surface area contributed by atoms with Crippen LogP contribution in [-0.2, 0) is 0 Å². The van der Waals surface area contributed by atoms with Crippen molar-refractivity contribution >= 4 is 21.5 Å². The number of ether oxygens (including phenoxy) is 2. The van der Waals surface area contributed by atoms with E-state index in [4.69, 9.17) is 9.47 Å². The third kappa shape index (κ3) is 4.31. The van der Waals surface area contributed by atoms with Crippen LogP contribution in [0.4, 0.5) is 0 Å². The van der Waals surface area contributed by atoms with Crippen LogP contribution in [0.2, 0.25) is 0 Å². The molecule has 0 bridgehead atoms. The standard InChI is InChI=1S/C38H34O4/c1-21-15-27(16-22(2)37(21)41-5)31-19-25-11-7-9-13-29(25)35(39)33(31)34-32(20-26-12-8-10-14-30(26)36(34)40)28-17-23(3)38(42-6)24(4)18-28/h7-20,39-40H,1-6H3. The first-order valence-electron chi connectivity index (χ1n) is 14.0. The van der Waals surface area contributed by atoms with Crippen LogP contribution >= 0.6 is 0 Å². The van der Waals surface area contributed by atoms with Crippen molar-refractivity contribution in [2.75, 3.05) is 14.2 Å². The van der Waals surface area contributed by atoms with Gasteiger partial charge >= 0.3 is 0 Å². The number of aromatic hydroxyl groups is 2. The van der Waals surface area contributed by atoms with E-state index in [-0.39, 0.29) is 11.5 Å². The largest absolute Gasteiger partial charge is 0.507 e. The van der Waals surface area contributed by atoms with Crippen LogP contribution in [0.15, 0.2) is 84.9 Å². The summed E-state index contributed by atoms with van der Waals surface area (Å²) in [5, 5.41) is 27.4. The Morgan fingerprint density at radius 2 is 0.810 bits per heavy atom. The normalized spacial score (nSPS) is 11.3. The SMILES string of the molecule is COc1c(C)cc(-c2cc3ccccc3c(O)c2-c2c(-c3cc(C)c(OC)c(C)c3)cc3ccccc3c2O)cc1C. The van der Waals surface area contributed by atoms with Crippen LogP contribution in [0, 0.1) is 27.7 Å². The molecule has 2 N–H and O–H groups in total. The molecule has 210 valence electrons. The molecule has 6 aromatic carbocycles. The molecule has 0 fully saturated rings. The van der Waals surface area contributed by atoms with Crippen molar-refractivity contribution in [2.45, 2.75) is 27.7 Å². The van der Waals surface area contributed by atoms with Gasteiger partial charge in [0.1, 0.15) is 23.0 Å². The van der Waals surface area contributed by atoms with Crippen molar-refractivity contribution < 1.29 is 19.7 Å². The Morgan fingerprint density at radius 1 is 0.476 bits per heavy atom. The lowest BCUT2D eigenvalue weighted by molar-refractivity contribution is 0.408. The maximum atomic E-state index is 12.1. The van der Waals surface area contributed by atoms with Gasteiger partial charge in [0.05, 0.1) is 14.2 Å². The van der Waals surface area contributed by atoms with E-state index in [1.807, 2.05) is 76.2 Å². The molecule has 6 aromatic rings. The second kappa shape index (κ2) is 10.5. The number of hydrogen-bond donors (Lipinski definition) is 2. The van der Waals surface area contributed by atoms with Gasteiger partial charge in [0, 0.05) is 21.9 Å². The molecule has 4 heteroatoms.